The lowest BCUT2D eigenvalue weighted by Gasteiger charge is -2.16. The van der Waals surface area contributed by atoms with Gasteiger partial charge in [0.2, 0.25) is 0 Å². The number of allylic oxidation sites excluding steroid dienone is 1. The van der Waals surface area contributed by atoms with Crippen LogP contribution in [-0.4, -0.2) is 9.13 Å². The predicted octanol–water partition coefficient (Wildman–Crippen LogP) is 4.21. The normalized spacial score (nSPS) is 11.6. The molecule has 0 saturated heterocycles. The van der Waals surface area contributed by atoms with Crippen LogP contribution < -0.4 is 0 Å². The van der Waals surface area contributed by atoms with E-state index in [4.69, 9.17) is 0 Å². The van der Waals surface area contributed by atoms with E-state index < -0.39 is 0 Å². The van der Waals surface area contributed by atoms with Crippen molar-refractivity contribution in [3.8, 4) is 0 Å². The summed E-state index contributed by atoms with van der Waals surface area (Å²) in [5.74, 6) is 0.255. The standard InChI is InChI=1S/C19H20N2/c1-20-14-6-10-18(20)17(19-11-7-15-21(19)2)13-12-16-8-4-3-5-9-16/h3-15,17H,1-2H3/b13-12+. The van der Waals surface area contributed by atoms with Crippen LogP contribution in [-0.2, 0) is 14.1 Å². The second kappa shape index (κ2) is 5.88. The molecular formula is C19H20N2. The Labute approximate surface area is 126 Å². The average Bonchev–Trinajstić information content (AvgIpc) is 3.11. The monoisotopic (exact) mass is 276 g/mol. The average molecular weight is 276 g/mol. The maximum atomic E-state index is 2.28. The summed E-state index contributed by atoms with van der Waals surface area (Å²) in [6, 6.07) is 19.0. The minimum Gasteiger partial charge on any atom is -0.354 e. The van der Waals surface area contributed by atoms with Gasteiger partial charge in [0.1, 0.15) is 0 Å². The van der Waals surface area contributed by atoms with Crippen molar-refractivity contribution in [1.82, 2.24) is 9.13 Å². The van der Waals surface area contributed by atoms with Crippen LogP contribution in [0.2, 0.25) is 0 Å². The van der Waals surface area contributed by atoms with Crippen LogP contribution in [0.5, 0.6) is 0 Å². The molecule has 106 valence electrons. The summed E-state index contributed by atoms with van der Waals surface area (Å²) in [6.07, 6.45) is 8.67. The molecule has 3 aromatic rings. The summed E-state index contributed by atoms with van der Waals surface area (Å²) in [7, 11) is 4.20. The highest BCUT2D eigenvalue weighted by Crippen LogP contribution is 2.27. The van der Waals surface area contributed by atoms with Gasteiger partial charge in [-0.2, -0.15) is 0 Å². The van der Waals surface area contributed by atoms with Crippen molar-refractivity contribution in [2.75, 3.05) is 0 Å². The highest BCUT2D eigenvalue weighted by atomic mass is 15.0. The van der Waals surface area contributed by atoms with E-state index in [0.717, 1.165) is 0 Å². The lowest BCUT2D eigenvalue weighted by molar-refractivity contribution is 0.750. The molecule has 0 spiro atoms. The fourth-order valence-electron chi connectivity index (χ4n) is 2.72. The second-order valence-corrected chi connectivity index (χ2v) is 5.34. The van der Waals surface area contributed by atoms with Crippen molar-refractivity contribution < 1.29 is 0 Å². The number of benzene rings is 1. The van der Waals surface area contributed by atoms with Crippen molar-refractivity contribution in [1.29, 1.82) is 0 Å². The Kier molecular flexibility index (Phi) is 3.78. The fourth-order valence-corrected chi connectivity index (χ4v) is 2.72. The molecule has 21 heavy (non-hydrogen) atoms. The number of aryl methyl sites for hydroxylation is 2. The number of nitrogens with zero attached hydrogens (tertiary/aromatic N) is 2. The molecule has 2 heteroatoms. The Balaban J connectivity index is 2.00. The number of aromatic nitrogens is 2. The van der Waals surface area contributed by atoms with Gasteiger partial charge in [-0.3, -0.25) is 0 Å². The molecule has 0 aliphatic heterocycles. The quantitative estimate of drug-likeness (QED) is 0.675. The van der Waals surface area contributed by atoms with Gasteiger partial charge in [-0.05, 0) is 29.8 Å². The minimum atomic E-state index is 0.255. The van der Waals surface area contributed by atoms with E-state index in [1.54, 1.807) is 0 Å². The van der Waals surface area contributed by atoms with Gasteiger partial charge in [-0.25, -0.2) is 0 Å². The fraction of sp³-hybridized carbons (Fsp3) is 0.158. The van der Waals surface area contributed by atoms with E-state index in [0.29, 0.717) is 0 Å². The lowest BCUT2D eigenvalue weighted by atomic mass is 9.99. The third kappa shape index (κ3) is 2.84. The summed E-state index contributed by atoms with van der Waals surface area (Å²) in [5.41, 5.74) is 3.82. The molecule has 1 aromatic carbocycles. The van der Waals surface area contributed by atoms with Crippen molar-refractivity contribution >= 4 is 6.08 Å². The molecule has 2 heterocycles. The first kappa shape index (κ1) is 13.5. The summed E-state index contributed by atoms with van der Waals surface area (Å²) in [6.45, 7) is 0. The summed E-state index contributed by atoms with van der Waals surface area (Å²) >= 11 is 0. The van der Waals surface area contributed by atoms with E-state index in [1.807, 2.05) is 6.07 Å². The zero-order chi connectivity index (χ0) is 14.7. The van der Waals surface area contributed by atoms with Gasteiger partial charge in [0.05, 0.1) is 5.92 Å². The molecule has 3 rings (SSSR count). The van der Waals surface area contributed by atoms with Crippen LogP contribution in [0.4, 0.5) is 0 Å². The van der Waals surface area contributed by atoms with Gasteiger partial charge in [0.15, 0.2) is 0 Å². The number of hydrogen-bond acceptors (Lipinski definition) is 0. The van der Waals surface area contributed by atoms with E-state index in [-0.39, 0.29) is 5.92 Å². The van der Waals surface area contributed by atoms with Crippen molar-refractivity contribution in [2.45, 2.75) is 5.92 Å². The maximum Gasteiger partial charge on any atom is 0.0578 e. The van der Waals surface area contributed by atoms with E-state index >= 15 is 0 Å². The largest absolute Gasteiger partial charge is 0.354 e. The molecule has 0 atom stereocenters. The first-order valence-electron chi connectivity index (χ1n) is 7.21. The Morgan fingerprint density at radius 3 is 1.81 bits per heavy atom. The Morgan fingerprint density at radius 1 is 0.762 bits per heavy atom. The topological polar surface area (TPSA) is 9.86 Å². The third-order valence-corrected chi connectivity index (χ3v) is 3.89. The molecule has 0 amide bonds. The van der Waals surface area contributed by atoms with Crippen LogP contribution in [0.1, 0.15) is 22.9 Å². The number of hydrogen-bond donors (Lipinski definition) is 0. The Hall–Kier alpha value is -2.48. The van der Waals surface area contributed by atoms with Crippen LogP contribution in [0, 0.1) is 0 Å². The van der Waals surface area contributed by atoms with Crippen molar-refractivity contribution in [2.24, 2.45) is 14.1 Å². The highest BCUT2D eigenvalue weighted by Gasteiger charge is 2.15. The Morgan fingerprint density at radius 2 is 1.33 bits per heavy atom. The van der Waals surface area contributed by atoms with E-state index in [1.165, 1.54) is 17.0 Å². The van der Waals surface area contributed by atoms with Gasteiger partial charge < -0.3 is 9.13 Å². The van der Waals surface area contributed by atoms with Gasteiger partial charge in [0.25, 0.3) is 0 Å². The molecule has 0 aliphatic carbocycles. The van der Waals surface area contributed by atoms with Gasteiger partial charge >= 0.3 is 0 Å². The molecule has 0 N–H and O–H groups in total. The maximum absolute atomic E-state index is 2.28. The zero-order valence-corrected chi connectivity index (χ0v) is 12.5. The van der Waals surface area contributed by atoms with Crippen LogP contribution in [0.3, 0.4) is 0 Å². The number of rotatable bonds is 4. The van der Waals surface area contributed by atoms with E-state index in [9.17, 15) is 0 Å². The molecule has 0 fully saturated rings. The predicted molar refractivity (Wildman–Crippen MR) is 88.1 cm³/mol. The van der Waals surface area contributed by atoms with Gasteiger partial charge in [-0.15, -0.1) is 0 Å². The Bertz CT molecular complexity index is 692. The molecule has 0 radical (unpaired) electrons. The summed E-state index contributed by atoms with van der Waals surface area (Å²) < 4.78 is 4.38. The van der Waals surface area contributed by atoms with Crippen LogP contribution >= 0.6 is 0 Å². The first-order chi connectivity index (χ1) is 10.3. The molecule has 0 aliphatic rings. The van der Waals surface area contributed by atoms with E-state index in [2.05, 4.69) is 96.3 Å². The molecule has 0 unspecified atom stereocenters. The van der Waals surface area contributed by atoms with Crippen molar-refractivity contribution in [3.63, 3.8) is 0 Å². The lowest BCUT2D eigenvalue weighted by Crippen LogP contribution is -2.07. The first-order valence-corrected chi connectivity index (χ1v) is 7.21. The molecule has 2 aromatic heterocycles. The van der Waals surface area contributed by atoms with Crippen LogP contribution in [0.25, 0.3) is 6.08 Å². The molecule has 0 saturated carbocycles. The van der Waals surface area contributed by atoms with Gasteiger partial charge in [0, 0.05) is 37.9 Å². The second-order valence-electron chi connectivity index (χ2n) is 5.34. The van der Waals surface area contributed by atoms with Crippen molar-refractivity contribution in [3.05, 3.63) is 90.0 Å². The van der Waals surface area contributed by atoms with Crippen LogP contribution in [0.15, 0.2) is 73.1 Å². The van der Waals surface area contributed by atoms with Gasteiger partial charge in [-0.1, -0.05) is 42.5 Å². The molecule has 0 bridgehead atoms. The third-order valence-electron chi connectivity index (χ3n) is 3.89. The minimum absolute atomic E-state index is 0.255. The summed E-state index contributed by atoms with van der Waals surface area (Å²) in [5, 5.41) is 0. The zero-order valence-electron chi connectivity index (χ0n) is 12.5. The molecular weight excluding hydrogens is 256 g/mol. The highest BCUT2D eigenvalue weighted by molar-refractivity contribution is 5.52. The summed E-state index contributed by atoms with van der Waals surface area (Å²) in [4.78, 5) is 0. The smallest absolute Gasteiger partial charge is 0.0578 e. The molecule has 2 nitrogen and oxygen atoms in total. The SMILES string of the molecule is Cn1cccc1C(/C=C/c1ccccc1)c1cccn1C.